The molecule has 2 fully saturated rings. The zero-order valence-electron chi connectivity index (χ0n) is 18.4. The van der Waals surface area contributed by atoms with E-state index in [0.717, 1.165) is 5.56 Å². The van der Waals surface area contributed by atoms with Crippen molar-refractivity contribution in [2.24, 2.45) is 0 Å². The Balaban J connectivity index is 1.88. The summed E-state index contributed by atoms with van der Waals surface area (Å²) in [7, 11) is 1.76. The molecule has 2 heterocycles. The molecule has 3 rings (SSSR count). The molecule has 1 aromatic rings. The third-order valence-electron chi connectivity index (χ3n) is 5.24. The third kappa shape index (κ3) is 5.62. The number of piperazine rings is 1. The molecule has 2 N–H and O–H groups in total. The van der Waals surface area contributed by atoms with Crippen LogP contribution in [0.3, 0.4) is 0 Å². The van der Waals surface area contributed by atoms with Gasteiger partial charge < -0.3 is 19.7 Å². The van der Waals surface area contributed by atoms with Crippen LogP contribution in [0.25, 0.3) is 0 Å². The Morgan fingerprint density at radius 1 is 1.26 bits per heavy atom. The van der Waals surface area contributed by atoms with Gasteiger partial charge in [0, 0.05) is 25.0 Å². The molecule has 2 aliphatic rings. The molecule has 9 nitrogen and oxygen atoms in total. The molecule has 1 aromatic carbocycles. The van der Waals surface area contributed by atoms with Gasteiger partial charge >= 0.3 is 6.09 Å². The first kappa shape index (κ1) is 22.8. The molecule has 0 aromatic heterocycles. The number of carbonyl (C=O) groups excluding carboxylic acids is 3. The third-order valence-corrected chi connectivity index (χ3v) is 5.24. The summed E-state index contributed by atoms with van der Waals surface area (Å²) in [6.07, 6.45) is 0.577. The highest BCUT2D eigenvalue weighted by Crippen LogP contribution is 2.34. The van der Waals surface area contributed by atoms with Crippen molar-refractivity contribution in [2.45, 2.75) is 38.5 Å². The maximum atomic E-state index is 12.6. The lowest BCUT2D eigenvalue weighted by Crippen LogP contribution is -2.58. The summed E-state index contributed by atoms with van der Waals surface area (Å²) < 4.78 is 10.6. The molecule has 1 unspecified atom stereocenters. The second-order valence-corrected chi connectivity index (χ2v) is 8.76. The Bertz CT molecular complexity index is 875. The number of anilines is 2. The SMILES string of the molecule is C=CC(=O)Nc1cc(NC(=O)OC(C)(C)C)ccc1C1CN(C2COC2)CC(=O)N1C. The molecule has 0 bridgehead atoms. The van der Waals surface area contributed by atoms with Gasteiger partial charge in [0.15, 0.2) is 0 Å². The molecule has 1 atom stereocenters. The van der Waals surface area contributed by atoms with Crippen LogP contribution in [0.2, 0.25) is 0 Å². The number of benzene rings is 1. The molecular weight excluding hydrogens is 400 g/mol. The van der Waals surface area contributed by atoms with Gasteiger partial charge in [-0.15, -0.1) is 0 Å². The fraction of sp³-hybridized carbons (Fsp3) is 0.500. The summed E-state index contributed by atoms with van der Waals surface area (Å²) in [5.41, 5.74) is 1.09. The monoisotopic (exact) mass is 430 g/mol. The first-order chi connectivity index (χ1) is 14.6. The number of nitrogens with one attached hydrogen (secondary N) is 2. The van der Waals surface area contributed by atoms with Crippen LogP contribution in [-0.2, 0) is 19.1 Å². The van der Waals surface area contributed by atoms with Crippen molar-refractivity contribution in [2.75, 3.05) is 44.0 Å². The Kier molecular flexibility index (Phi) is 6.66. The van der Waals surface area contributed by atoms with Crippen molar-refractivity contribution in [1.82, 2.24) is 9.80 Å². The van der Waals surface area contributed by atoms with E-state index in [1.54, 1.807) is 50.9 Å². The van der Waals surface area contributed by atoms with Gasteiger partial charge in [-0.3, -0.25) is 19.8 Å². The minimum atomic E-state index is -0.635. The molecule has 3 amide bonds. The smallest absolute Gasteiger partial charge is 0.412 e. The second kappa shape index (κ2) is 9.07. The van der Waals surface area contributed by atoms with Gasteiger partial charge in [0.1, 0.15) is 5.60 Å². The van der Waals surface area contributed by atoms with Crippen molar-refractivity contribution in [3.63, 3.8) is 0 Å². The number of hydrogen-bond donors (Lipinski definition) is 2. The van der Waals surface area contributed by atoms with E-state index in [2.05, 4.69) is 22.1 Å². The van der Waals surface area contributed by atoms with E-state index in [9.17, 15) is 14.4 Å². The molecular formula is C22H30N4O5. The zero-order valence-corrected chi connectivity index (χ0v) is 18.4. The minimum absolute atomic E-state index is 0.0000960. The fourth-order valence-corrected chi connectivity index (χ4v) is 3.53. The van der Waals surface area contributed by atoms with E-state index in [1.165, 1.54) is 6.08 Å². The van der Waals surface area contributed by atoms with E-state index < -0.39 is 11.7 Å². The summed E-state index contributed by atoms with van der Waals surface area (Å²) in [6, 6.07) is 5.15. The van der Waals surface area contributed by atoms with E-state index >= 15 is 0 Å². The first-order valence-corrected chi connectivity index (χ1v) is 10.2. The minimum Gasteiger partial charge on any atom is -0.444 e. The van der Waals surface area contributed by atoms with Gasteiger partial charge in [-0.05, 0) is 44.5 Å². The first-order valence-electron chi connectivity index (χ1n) is 10.2. The van der Waals surface area contributed by atoms with Crippen LogP contribution in [0, 0.1) is 0 Å². The molecule has 2 aliphatic heterocycles. The lowest BCUT2D eigenvalue weighted by atomic mass is 9.98. The van der Waals surface area contributed by atoms with Crippen molar-refractivity contribution >= 4 is 29.3 Å². The summed E-state index contributed by atoms with van der Waals surface area (Å²) in [5.74, 6) is -0.384. The van der Waals surface area contributed by atoms with E-state index in [0.29, 0.717) is 37.7 Å². The Hall–Kier alpha value is -2.91. The molecule has 9 heteroatoms. The predicted octanol–water partition coefficient (Wildman–Crippen LogP) is 2.37. The highest BCUT2D eigenvalue weighted by molar-refractivity contribution is 6.00. The van der Waals surface area contributed by atoms with Crippen LogP contribution in [0.15, 0.2) is 30.9 Å². The summed E-state index contributed by atoms with van der Waals surface area (Å²) in [4.78, 5) is 40.6. The van der Waals surface area contributed by atoms with Crippen molar-refractivity contribution in [3.8, 4) is 0 Å². The molecule has 168 valence electrons. The molecule has 0 aliphatic carbocycles. The van der Waals surface area contributed by atoms with Gasteiger partial charge in [0.2, 0.25) is 11.8 Å². The molecule has 0 spiro atoms. The maximum Gasteiger partial charge on any atom is 0.412 e. The van der Waals surface area contributed by atoms with Gasteiger partial charge in [-0.25, -0.2) is 4.79 Å². The normalized spacial score (nSPS) is 20.1. The van der Waals surface area contributed by atoms with Crippen molar-refractivity contribution in [3.05, 3.63) is 36.4 Å². The Labute approximate surface area is 182 Å². The Morgan fingerprint density at radius 3 is 2.55 bits per heavy atom. The molecule has 2 saturated heterocycles. The van der Waals surface area contributed by atoms with Crippen LogP contribution in [0.5, 0.6) is 0 Å². The van der Waals surface area contributed by atoms with Gasteiger partial charge in [0.25, 0.3) is 0 Å². The largest absolute Gasteiger partial charge is 0.444 e. The number of amides is 3. The van der Waals surface area contributed by atoms with Gasteiger partial charge in [-0.2, -0.15) is 0 Å². The van der Waals surface area contributed by atoms with Crippen LogP contribution < -0.4 is 10.6 Å². The summed E-state index contributed by atoms with van der Waals surface area (Å²) >= 11 is 0. The lowest BCUT2D eigenvalue weighted by molar-refractivity contribution is -0.146. The zero-order chi connectivity index (χ0) is 22.8. The number of ether oxygens (including phenoxy) is 2. The average Bonchev–Trinajstić information content (AvgIpc) is 2.62. The average molecular weight is 431 g/mol. The van der Waals surface area contributed by atoms with Crippen LogP contribution >= 0.6 is 0 Å². The fourth-order valence-electron chi connectivity index (χ4n) is 3.53. The highest BCUT2D eigenvalue weighted by Gasteiger charge is 2.37. The topological polar surface area (TPSA) is 100 Å². The quantitative estimate of drug-likeness (QED) is 0.696. The predicted molar refractivity (Wildman–Crippen MR) is 117 cm³/mol. The van der Waals surface area contributed by atoms with Crippen LogP contribution in [0.1, 0.15) is 32.4 Å². The van der Waals surface area contributed by atoms with E-state index in [4.69, 9.17) is 9.47 Å². The summed E-state index contributed by atoms with van der Waals surface area (Å²) in [5, 5.41) is 5.48. The molecule has 31 heavy (non-hydrogen) atoms. The van der Waals surface area contributed by atoms with Crippen LogP contribution in [0.4, 0.5) is 16.2 Å². The van der Waals surface area contributed by atoms with Crippen molar-refractivity contribution in [1.29, 1.82) is 0 Å². The molecule has 0 radical (unpaired) electrons. The maximum absolute atomic E-state index is 12.6. The molecule has 0 saturated carbocycles. The summed E-state index contributed by atoms with van der Waals surface area (Å²) in [6.45, 7) is 11.0. The van der Waals surface area contributed by atoms with E-state index in [-0.39, 0.29) is 23.9 Å². The number of nitrogens with zero attached hydrogens (tertiary/aromatic N) is 2. The number of carbonyl (C=O) groups is 3. The number of rotatable bonds is 5. The Morgan fingerprint density at radius 2 is 1.97 bits per heavy atom. The second-order valence-electron chi connectivity index (χ2n) is 8.76. The number of hydrogen-bond acceptors (Lipinski definition) is 6. The lowest BCUT2D eigenvalue weighted by Gasteiger charge is -2.45. The van der Waals surface area contributed by atoms with Gasteiger partial charge in [0.05, 0.1) is 31.8 Å². The van der Waals surface area contributed by atoms with E-state index in [1.807, 2.05) is 0 Å². The highest BCUT2D eigenvalue weighted by atomic mass is 16.6. The van der Waals surface area contributed by atoms with Crippen molar-refractivity contribution < 1.29 is 23.9 Å². The standard InChI is InChI=1S/C22H30N4O5/c1-6-19(27)24-17-9-14(23-21(29)31-22(2,3)4)7-8-16(17)18-10-26(15-12-30-13-15)11-20(28)25(18)5/h6-9,15,18H,1,10-13H2,2-5H3,(H,23,29)(H,24,27). The number of likely N-dealkylation sites (N-methyl/N-ethyl adjacent to an activating group) is 1. The van der Waals surface area contributed by atoms with Gasteiger partial charge in [-0.1, -0.05) is 12.6 Å². The van der Waals surface area contributed by atoms with Crippen LogP contribution in [-0.4, -0.2) is 72.7 Å².